The minimum absolute atomic E-state index is 0.214. The zero-order valence-corrected chi connectivity index (χ0v) is 13.9. The maximum atomic E-state index is 12.5. The van der Waals surface area contributed by atoms with Crippen LogP contribution in [0, 0.1) is 6.92 Å². The maximum absolute atomic E-state index is 12.5. The quantitative estimate of drug-likeness (QED) is 0.594. The fraction of sp³-hybridized carbons (Fsp3) is 0.111. The molecule has 130 valence electrons. The van der Waals surface area contributed by atoms with Crippen LogP contribution >= 0.6 is 0 Å². The molecule has 0 fully saturated rings. The standard InChI is InChI=1S/C18H15N5O3/c1-12-20-17(22-26-12)14-5-2-3-6-15(14)21-18(24)16-8-7-13(25-16)11-23-10-4-9-19-23/h2-10H,11H2,1H3,(H,21,24). The summed E-state index contributed by atoms with van der Waals surface area (Å²) in [7, 11) is 0. The number of para-hydroxylation sites is 1. The van der Waals surface area contributed by atoms with E-state index in [2.05, 4.69) is 20.6 Å². The highest BCUT2D eigenvalue weighted by Gasteiger charge is 2.16. The highest BCUT2D eigenvalue weighted by Crippen LogP contribution is 2.26. The van der Waals surface area contributed by atoms with Gasteiger partial charge in [0.05, 0.1) is 12.2 Å². The van der Waals surface area contributed by atoms with E-state index in [0.717, 1.165) is 0 Å². The number of benzene rings is 1. The molecule has 1 aromatic carbocycles. The molecule has 0 unspecified atom stereocenters. The second-order valence-corrected chi connectivity index (χ2v) is 5.61. The average Bonchev–Trinajstić information content (AvgIpc) is 3.38. The molecular formula is C18H15N5O3. The van der Waals surface area contributed by atoms with Gasteiger partial charge in [-0.3, -0.25) is 9.48 Å². The van der Waals surface area contributed by atoms with E-state index >= 15 is 0 Å². The van der Waals surface area contributed by atoms with Crippen molar-refractivity contribution < 1.29 is 13.7 Å². The topological polar surface area (TPSA) is 99.0 Å². The van der Waals surface area contributed by atoms with Gasteiger partial charge < -0.3 is 14.3 Å². The summed E-state index contributed by atoms with van der Waals surface area (Å²) in [5, 5.41) is 10.8. The van der Waals surface area contributed by atoms with E-state index in [1.807, 2.05) is 30.5 Å². The molecule has 8 nitrogen and oxygen atoms in total. The van der Waals surface area contributed by atoms with E-state index in [1.54, 1.807) is 36.0 Å². The highest BCUT2D eigenvalue weighted by molar-refractivity contribution is 6.04. The van der Waals surface area contributed by atoms with Crippen LogP contribution in [0.2, 0.25) is 0 Å². The van der Waals surface area contributed by atoms with Gasteiger partial charge in [0.1, 0.15) is 5.76 Å². The molecule has 0 spiro atoms. The van der Waals surface area contributed by atoms with Gasteiger partial charge in [-0.15, -0.1) is 0 Å². The summed E-state index contributed by atoms with van der Waals surface area (Å²) < 4.78 is 12.4. The van der Waals surface area contributed by atoms with E-state index in [1.165, 1.54) is 0 Å². The molecule has 0 aliphatic heterocycles. The first-order valence-corrected chi connectivity index (χ1v) is 7.96. The van der Waals surface area contributed by atoms with Gasteiger partial charge in [0.15, 0.2) is 5.76 Å². The number of amides is 1. The first kappa shape index (κ1) is 15.8. The van der Waals surface area contributed by atoms with Gasteiger partial charge in [0, 0.05) is 24.9 Å². The number of nitrogens with zero attached hydrogens (tertiary/aromatic N) is 4. The molecule has 26 heavy (non-hydrogen) atoms. The lowest BCUT2D eigenvalue weighted by atomic mass is 10.1. The number of hydrogen-bond donors (Lipinski definition) is 1. The lowest BCUT2D eigenvalue weighted by molar-refractivity contribution is 0.0994. The third-order valence-electron chi connectivity index (χ3n) is 3.71. The van der Waals surface area contributed by atoms with Gasteiger partial charge in [-0.1, -0.05) is 17.3 Å². The number of aromatic nitrogens is 4. The molecule has 0 aliphatic carbocycles. The van der Waals surface area contributed by atoms with Gasteiger partial charge in [0.2, 0.25) is 11.7 Å². The van der Waals surface area contributed by atoms with Gasteiger partial charge in [-0.05, 0) is 30.3 Å². The third kappa shape index (κ3) is 3.25. The molecule has 0 atom stereocenters. The molecule has 3 heterocycles. The van der Waals surface area contributed by atoms with Gasteiger partial charge in [-0.2, -0.15) is 10.1 Å². The Morgan fingerprint density at radius 3 is 2.85 bits per heavy atom. The maximum Gasteiger partial charge on any atom is 0.291 e. The summed E-state index contributed by atoms with van der Waals surface area (Å²) in [5.74, 6) is 1.37. The molecular weight excluding hydrogens is 334 g/mol. The lowest BCUT2D eigenvalue weighted by Crippen LogP contribution is -2.12. The molecule has 0 aliphatic rings. The Kier molecular flexibility index (Phi) is 4.06. The van der Waals surface area contributed by atoms with Crippen LogP contribution in [0.15, 0.2) is 63.8 Å². The van der Waals surface area contributed by atoms with Crippen LogP contribution in [0.5, 0.6) is 0 Å². The van der Waals surface area contributed by atoms with Crippen LogP contribution < -0.4 is 5.32 Å². The fourth-order valence-corrected chi connectivity index (χ4v) is 2.52. The van der Waals surface area contributed by atoms with Crippen LogP contribution in [0.3, 0.4) is 0 Å². The normalized spacial score (nSPS) is 10.8. The number of rotatable bonds is 5. The Labute approximate surface area is 148 Å². The first-order valence-electron chi connectivity index (χ1n) is 7.96. The third-order valence-corrected chi connectivity index (χ3v) is 3.71. The van der Waals surface area contributed by atoms with E-state index in [0.29, 0.717) is 35.3 Å². The van der Waals surface area contributed by atoms with E-state index in [9.17, 15) is 4.79 Å². The van der Waals surface area contributed by atoms with Crippen molar-refractivity contribution in [3.8, 4) is 11.4 Å². The summed E-state index contributed by atoms with van der Waals surface area (Å²) >= 11 is 0. The van der Waals surface area contributed by atoms with E-state index in [-0.39, 0.29) is 11.7 Å². The van der Waals surface area contributed by atoms with Crippen molar-refractivity contribution in [1.82, 2.24) is 19.9 Å². The van der Waals surface area contributed by atoms with Gasteiger partial charge in [0.25, 0.3) is 5.91 Å². The van der Waals surface area contributed by atoms with E-state index < -0.39 is 0 Å². The Bertz CT molecular complexity index is 1030. The second-order valence-electron chi connectivity index (χ2n) is 5.61. The van der Waals surface area contributed by atoms with Crippen molar-refractivity contribution in [3.05, 3.63) is 72.3 Å². The predicted molar refractivity (Wildman–Crippen MR) is 92.5 cm³/mol. The first-order chi connectivity index (χ1) is 12.7. The number of carbonyl (C=O) groups excluding carboxylic acids is 1. The summed E-state index contributed by atoms with van der Waals surface area (Å²) in [4.78, 5) is 16.7. The molecule has 3 aromatic heterocycles. The number of carbonyl (C=O) groups is 1. The van der Waals surface area contributed by atoms with Crippen molar-refractivity contribution in [2.24, 2.45) is 0 Å². The molecule has 1 amide bonds. The molecule has 4 aromatic rings. The van der Waals surface area contributed by atoms with Crippen molar-refractivity contribution in [2.45, 2.75) is 13.5 Å². The Balaban J connectivity index is 1.53. The Morgan fingerprint density at radius 1 is 1.19 bits per heavy atom. The fourth-order valence-electron chi connectivity index (χ4n) is 2.52. The summed E-state index contributed by atoms with van der Waals surface area (Å²) in [6, 6.07) is 12.5. The van der Waals surface area contributed by atoms with Crippen LogP contribution in [0.25, 0.3) is 11.4 Å². The van der Waals surface area contributed by atoms with Gasteiger partial charge >= 0.3 is 0 Å². The summed E-state index contributed by atoms with van der Waals surface area (Å²) in [6.45, 7) is 2.17. The Morgan fingerprint density at radius 2 is 2.08 bits per heavy atom. The second kappa shape index (κ2) is 6.67. The lowest BCUT2D eigenvalue weighted by Gasteiger charge is -2.07. The summed E-state index contributed by atoms with van der Waals surface area (Å²) in [5.41, 5.74) is 1.24. The highest BCUT2D eigenvalue weighted by atomic mass is 16.5. The Hall–Kier alpha value is -3.68. The largest absolute Gasteiger partial charge is 0.454 e. The predicted octanol–water partition coefficient (Wildman–Crippen LogP) is 3.14. The van der Waals surface area contributed by atoms with Crippen LogP contribution in [0.1, 0.15) is 22.2 Å². The summed E-state index contributed by atoms with van der Waals surface area (Å²) in [6.07, 6.45) is 3.51. The van der Waals surface area contributed by atoms with E-state index in [4.69, 9.17) is 8.94 Å². The molecule has 0 bridgehead atoms. The molecule has 0 saturated carbocycles. The van der Waals surface area contributed by atoms with Crippen LogP contribution in [-0.4, -0.2) is 25.8 Å². The number of furan rings is 1. The van der Waals surface area contributed by atoms with Crippen molar-refractivity contribution in [3.63, 3.8) is 0 Å². The molecule has 8 heteroatoms. The molecule has 0 saturated heterocycles. The average molecular weight is 349 g/mol. The zero-order valence-electron chi connectivity index (χ0n) is 13.9. The van der Waals surface area contributed by atoms with Crippen molar-refractivity contribution in [1.29, 1.82) is 0 Å². The number of hydrogen-bond acceptors (Lipinski definition) is 6. The zero-order chi connectivity index (χ0) is 17.9. The molecule has 0 radical (unpaired) electrons. The monoisotopic (exact) mass is 349 g/mol. The minimum atomic E-state index is -0.357. The van der Waals surface area contributed by atoms with Crippen molar-refractivity contribution in [2.75, 3.05) is 5.32 Å². The molecule has 1 N–H and O–H groups in total. The van der Waals surface area contributed by atoms with Crippen LogP contribution in [0.4, 0.5) is 5.69 Å². The minimum Gasteiger partial charge on any atom is -0.454 e. The smallest absolute Gasteiger partial charge is 0.291 e. The number of anilines is 1. The number of aryl methyl sites for hydroxylation is 1. The number of nitrogens with one attached hydrogen (secondary N) is 1. The van der Waals surface area contributed by atoms with Crippen molar-refractivity contribution >= 4 is 11.6 Å². The van der Waals surface area contributed by atoms with Gasteiger partial charge in [-0.25, -0.2) is 0 Å². The van der Waals surface area contributed by atoms with Crippen LogP contribution in [-0.2, 0) is 6.54 Å². The molecule has 4 rings (SSSR count). The SMILES string of the molecule is Cc1nc(-c2ccccc2NC(=O)c2ccc(Cn3cccn3)o2)no1.